The lowest BCUT2D eigenvalue weighted by molar-refractivity contribution is -0.149. The van der Waals surface area contributed by atoms with Gasteiger partial charge in [-0.15, -0.1) is 0 Å². The molecular formula is C17H22N2O4. The SMILES string of the molecule is COC(=O)CN(Cc1ccccc1C)C(=O)[C@@H]1CCC(=O)NC1. The van der Waals surface area contributed by atoms with Crippen LogP contribution < -0.4 is 5.32 Å². The first-order valence-electron chi connectivity index (χ1n) is 7.68. The van der Waals surface area contributed by atoms with Gasteiger partial charge in [-0.1, -0.05) is 24.3 Å². The van der Waals surface area contributed by atoms with Crippen LogP contribution in [-0.2, 0) is 25.7 Å². The van der Waals surface area contributed by atoms with Gasteiger partial charge in [-0.25, -0.2) is 0 Å². The van der Waals surface area contributed by atoms with E-state index in [0.29, 0.717) is 25.9 Å². The Labute approximate surface area is 135 Å². The molecule has 124 valence electrons. The molecule has 1 fully saturated rings. The molecule has 1 N–H and O–H groups in total. The summed E-state index contributed by atoms with van der Waals surface area (Å²) in [4.78, 5) is 37.2. The van der Waals surface area contributed by atoms with Crippen molar-refractivity contribution in [2.24, 2.45) is 5.92 Å². The van der Waals surface area contributed by atoms with Gasteiger partial charge in [0.25, 0.3) is 0 Å². The molecule has 1 aromatic carbocycles. The second-order valence-corrected chi connectivity index (χ2v) is 5.74. The van der Waals surface area contributed by atoms with Crippen LogP contribution in [0.4, 0.5) is 0 Å². The molecule has 0 saturated carbocycles. The number of nitrogens with zero attached hydrogens (tertiary/aromatic N) is 1. The van der Waals surface area contributed by atoms with E-state index in [1.54, 1.807) is 0 Å². The summed E-state index contributed by atoms with van der Waals surface area (Å²) in [5, 5.41) is 2.71. The van der Waals surface area contributed by atoms with Crippen LogP contribution in [0.2, 0.25) is 0 Å². The van der Waals surface area contributed by atoms with Crippen molar-refractivity contribution in [3.8, 4) is 0 Å². The second kappa shape index (κ2) is 7.76. The van der Waals surface area contributed by atoms with Gasteiger partial charge in [0, 0.05) is 19.5 Å². The molecule has 1 aliphatic rings. The van der Waals surface area contributed by atoms with Crippen molar-refractivity contribution in [2.75, 3.05) is 20.2 Å². The molecule has 0 radical (unpaired) electrons. The van der Waals surface area contributed by atoms with Gasteiger partial charge >= 0.3 is 5.97 Å². The minimum absolute atomic E-state index is 0.0347. The van der Waals surface area contributed by atoms with Gasteiger partial charge in [-0.3, -0.25) is 14.4 Å². The maximum absolute atomic E-state index is 12.7. The molecule has 1 saturated heterocycles. The number of rotatable bonds is 5. The van der Waals surface area contributed by atoms with E-state index in [9.17, 15) is 14.4 Å². The van der Waals surface area contributed by atoms with Gasteiger partial charge in [0.15, 0.2) is 0 Å². The van der Waals surface area contributed by atoms with Gasteiger partial charge in [-0.05, 0) is 24.5 Å². The van der Waals surface area contributed by atoms with Crippen LogP contribution in [0, 0.1) is 12.8 Å². The van der Waals surface area contributed by atoms with Crippen molar-refractivity contribution in [1.82, 2.24) is 10.2 Å². The lowest BCUT2D eigenvalue weighted by atomic mass is 9.97. The van der Waals surface area contributed by atoms with Gasteiger partial charge in [-0.2, -0.15) is 0 Å². The lowest BCUT2D eigenvalue weighted by Gasteiger charge is -2.29. The topological polar surface area (TPSA) is 75.7 Å². The number of hydrogen-bond donors (Lipinski definition) is 1. The number of amides is 2. The summed E-state index contributed by atoms with van der Waals surface area (Å²) in [7, 11) is 1.31. The van der Waals surface area contributed by atoms with Gasteiger partial charge in [0.2, 0.25) is 11.8 Å². The summed E-state index contributed by atoms with van der Waals surface area (Å²) < 4.78 is 4.70. The number of aryl methyl sites for hydroxylation is 1. The van der Waals surface area contributed by atoms with Crippen LogP contribution in [0.15, 0.2) is 24.3 Å². The van der Waals surface area contributed by atoms with Crippen molar-refractivity contribution < 1.29 is 19.1 Å². The highest BCUT2D eigenvalue weighted by atomic mass is 16.5. The Kier molecular flexibility index (Phi) is 5.73. The zero-order valence-electron chi connectivity index (χ0n) is 13.5. The van der Waals surface area contributed by atoms with Crippen LogP contribution in [0.5, 0.6) is 0 Å². The summed E-state index contributed by atoms with van der Waals surface area (Å²) in [6, 6.07) is 7.75. The molecule has 2 rings (SSSR count). The quantitative estimate of drug-likeness (QED) is 0.823. The van der Waals surface area contributed by atoms with E-state index in [4.69, 9.17) is 4.74 Å². The molecule has 0 unspecified atom stereocenters. The highest BCUT2D eigenvalue weighted by Crippen LogP contribution is 2.17. The van der Waals surface area contributed by atoms with Gasteiger partial charge < -0.3 is 15.0 Å². The fourth-order valence-corrected chi connectivity index (χ4v) is 2.63. The van der Waals surface area contributed by atoms with Gasteiger partial charge in [0.1, 0.15) is 6.54 Å². The summed E-state index contributed by atoms with van der Waals surface area (Å²) in [5.41, 5.74) is 2.05. The Hall–Kier alpha value is -2.37. The number of carbonyl (C=O) groups is 3. The van der Waals surface area contributed by atoms with Crippen molar-refractivity contribution in [2.45, 2.75) is 26.3 Å². The number of nitrogens with one attached hydrogen (secondary N) is 1. The van der Waals surface area contributed by atoms with Crippen LogP contribution in [0.25, 0.3) is 0 Å². The fraction of sp³-hybridized carbons (Fsp3) is 0.471. The largest absolute Gasteiger partial charge is 0.468 e. The summed E-state index contributed by atoms with van der Waals surface area (Å²) >= 11 is 0. The third kappa shape index (κ3) is 4.55. The molecule has 2 amide bonds. The third-order valence-corrected chi connectivity index (χ3v) is 4.10. The first kappa shape index (κ1) is 17.0. The molecule has 0 bridgehead atoms. The van der Waals surface area contributed by atoms with Crippen molar-refractivity contribution >= 4 is 17.8 Å². The number of benzene rings is 1. The Morgan fingerprint density at radius 3 is 2.70 bits per heavy atom. The van der Waals surface area contributed by atoms with E-state index >= 15 is 0 Å². The van der Waals surface area contributed by atoms with Crippen molar-refractivity contribution in [3.63, 3.8) is 0 Å². The molecule has 1 heterocycles. The van der Waals surface area contributed by atoms with Crippen LogP contribution in [0.1, 0.15) is 24.0 Å². The minimum Gasteiger partial charge on any atom is -0.468 e. The predicted octanol–water partition coefficient (Wildman–Crippen LogP) is 1.02. The Bertz CT molecular complexity index is 590. The van der Waals surface area contributed by atoms with Crippen molar-refractivity contribution in [1.29, 1.82) is 0 Å². The number of hydrogen-bond acceptors (Lipinski definition) is 4. The predicted molar refractivity (Wildman–Crippen MR) is 84.3 cm³/mol. The molecule has 23 heavy (non-hydrogen) atoms. The average molecular weight is 318 g/mol. The molecule has 6 heteroatoms. The zero-order chi connectivity index (χ0) is 16.8. The number of esters is 1. The maximum atomic E-state index is 12.7. The normalized spacial score (nSPS) is 17.3. The lowest BCUT2D eigenvalue weighted by Crippen LogP contribution is -2.46. The Balaban J connectivity index is 2.13. The number of piperidine rings is 1. The molecule has 0 spiro atoms. The molecule has 1 aliphatic heterocycles. The Morgan fingerprint density at radius 2 is 2.09 bits per heavy atom. The second-order valence-electron chi connectivity index (χ2n) is 5.74. The zero-order valence-corrected chi connectivity index (χ0v) is 13.5. The molecule has 0 aliphatic carbocycles. The first-order valence-corrected chi connectivity index (χ1v) is 7.68. The van der Waals surface area contributed by atoms with E-state index in [1.807, 2.05) is 31.2 Å². The highest BCUT2D eigenvalue weighted by molar-refractivity contribution is 5.86. The van der Waals surface area contributed by atoms with Crippen LogP contribution >= 0.6 is 0 Å². The van der Waals surface area contributed by atoms with Gasteiger partial charge in [0.05, 0.1) is 13.0 Å². The number of ether oxygens (including phenoxy) is 1. The Morgan fingerprint density at radius 1 is 1.35 bits per heavy atom. The summed E-state index contributed by atoms with van der Waals surface area (Å²) in [6.45, 7) is 2.55. The third-order valence-electron chi connectivity index (χ3n) is 4.10. The van der Waals surface area contributed by atoms with Crippen molar-refractivity contribution in [3.05, 3.63) is 35.4 Å². The van der Waals surface area contributed by atoms with E-state index in [2.05, 4.69) is 5.32 Å². The van der Waals surface area contributed by atoms with Crippen LogP contribution in [-0.4, -0.2) is 42.9 Å². The summed E-state index contributed by atoms with van der Waals surface area (Å²) in [6.07, 6.45) is 0.850. The first-order chi connectivity index (χ1) is 11.0. The van der Waals surface area contributed by atoms with E-state index in [-0.39, 0.29) is 24.3 Å². The average Bonchev–Trinajstić information content (AvgIpc) is 2.56. The fourth-order valence-electron chi connectivity index (χ4n) is 2.63. The minimum atomic E-state index is -0.452. The standard InChI is InChI=1S/C17H22N2O4/c1-12-5-3-4-6-14(12)10-19(11-16(21)23-2)17(22)13-7-8-15(20)18-9-13/h3-6,13H,7-11H2,1-2H3,(H,18,20)/t13-/m1/s1. The molecule has 1 atom stereocenters. The summed E-state index contributed by atoms with van der Waals surface area (Å²) in [5.74, 6) is -0.903. The monoisotopic (exact) mass is 318 g/mol. The van der Waals surface area contributed by atoms with E-state index in [0.717, 1.165) is 11.1 Å². The molecule has 0 aromatic heterocycles. The highest BCUT2D eigenvalue weighted by Gasteiger charge is 2.29. The number of methoxy groups -OCH3 is 1. The van der Waals surface area contributed by atoms with E-state index in [1.165, 1.54) is 12.0 Å². The molecular weight excluding hydrogens is 296 g/mol. The maximum Gasteiger partial charge on any atom is 0.325 e. The molecule has 6 nitrogen and oxygen atoms in total. The number of carbonyl (C=O) groups excluding carboxylic acids is 3. The molecule has 1 aromatic rings. The smallest absolute Gasteiger partial charge is 0.325 e. The van der Waals surface area contributed by atoms with E-state index < -0.39 is 5.97 Å². The van der Waals surface area contributed by atoms with Crippen LogP contribution in [0.3, 0.4) is 0 Å².